The van der Waals surface area contributed by atoms with E-state index in [4.69, 9.17) is 4.74 Å². The summed E-state index contributed by atoms with van der Waals surface area (Å²) in [6.45, 7) is 3.84. The van der Waals surface area contributed by atoms with E-state index in [-0.39, 0.29) is 30.1 Å². The number of esters is 1. The molecule has 2 saturated heterocycles. The molecule has 2 fully saturated rings. The molecule has 1 aromatic carbocycles. The minimum absolute atomic E-state index is 0.0649. The minimum Gasteiger partial charge on any atom is -0.460 e. The van der Waals surface area contributed by atoms with E-state index < -0.39 is 0 Å². The van der Waals surface area contributed by atoms with Gasteiger partial charge in [-0.1, -0.05) is 24.3 Å². The molecule has 0 spiro atoms. The average Bonchev–Trinajstić information content (AvgIpc) is 3.48. The fourth-order valence-electron chi connectivity index (χ4n) is 3.79. The SMILES string of the molecule is Cc1ncsc1-c1ccc(CNC(=O)C2CC(OC(=O)[C@@H]3CCCN3)CN2)cc1. The van der Waals surface area contributed by atoms with Gasteiger partial charge in [-0.2, -0.15) is 0 Å². The third kappa shape index (κ3) is 4.83. The monoisotopic (exact) mass is 414 g/mol. The first-order valence-corrected chi connectivity index (χ1v) is 10.9. The molecule has 1 aromatic heterocycles. The van der Waals surface area contributed by atoms with Gasteiger partial charge in [-0.05, 0) is 37.4 Å². The maximum Gasteiger partial charge on any atom is 0.323 e. The van der Waals surface area contributed by atoms with Crippen molar-refractivity contribution in [1.82, 2.24) is 20.9 Å². The Morgan fingerprint density at radius 1 is 1.24 bits per heavy atom. The Hall–Kier alpha value is -2.29. The van der Waals surface area contributed by atoms with Crippen molar-refractivity contribution in [2.45, 2.75) is 50.9 Å². The summed E-state index contributed by atoms with van der Waals surface area (Å²) in [7, 11) is 0. The fraction of sp³-hybridized carbons (Fsp3) is 0.476. The van der Waals surface area contributed by atoms with Gasteiger partial charge in [-0.25, -0.2) is 4.98 Å². The Morgan fingerprint density at radius 2 is 2.07 bits per heavy atom. The molecule has 8 heteroatoms. The molecule has 1 amide bonds. The number of hydrogen-bond donors (Lipinski definition) is 3. The molecule has 3 atom stereocenters. The molecule has 0 aliphatic carbocycles. The summed E-state index contributed by atoms with van der Waals surface area (Å²) in [5, 5.41) is 9.27. The van der Waals surface area contributed by atoms with Gasteiger partial charge in [0.05, 0.1) is 22.1 Å². The second-order valence-electron chi connectivity index (χ2n) is 7.59. The predicted molar refractivity (Wildman–Crippen MR) is 111 cm³/mol. The van der Waals surface area contributed by atoms with Crippen LogP contribution in [0.4, 0.5) is 0 Å². The van der Waals surface area contributed by atoms with Crippen molar-refractivity contribution in [1.29, 1.82) is 0 Å². The van der Waals surface area contributed by atoms with Gasteiger partial charge in [0, 0.05) is 19.5 Å². The number of nitrogens with one attached hydrogen (secondary N) is 3. The number of benzene rings is 1. The molecule has 2 unspecified atom stereocenters. The summed E-state index contributed by atoms with van der Waals surface area (Å²) in [5.41, 5.74) is 5.06. The summed E-state index contributed by atoms with van der Waals surface area (Å²) in [6, 6.07) is 7.64. The zero-order chi connectivity index (χ0) is 20.2. The summed E-state index contributed by atoms with van der Waals surface area (Å²) in [5.74, 6) is -0.267. The molecule has 0 bridgehead atoms. The van der Waals surface area contributed by atoms with Crippen molar-refractivity contribution in [2.24, 2.45) is 0 Å². The zero-order valence-electron chi connectivity index (χ0n) is 16.4. The zero-order valence-corrected chi connectivity index (χ0v) is 17.3. The molecule has 4 rings (SSSR count). The van der Waals surface area contributed by atoms with Crippen LogP contribution in [0.2, 0.25) is 0 Å². The Morgan fingerprint density at radius 3 is 2.76 bits per heavy atom. The van der Waals surface area contributed by atoms with Crippen LogP contribution in [0.1, 0.15) is 30.5 Å². The third-order valence-electron chi connectivity index (χ3n) is 5.46. The highest BCUT2D eigenvalue weighted by atomic mass is 32.1. The summed E-state index contributed by atoms with van der Waals surface area (Å²) < 4.78 is 5.55. The number of hydrogen-bond acceptors (Lipinski definition) is 7. The fourth-order valence-corrected chi connectivity index (χ4v) is 4.60. The molecule has 0 saturated carbocycles. The molecule has 0 radical (unpaired) electrons. The molecular formula is C21H26N4O3S. The topological polar surface area (TPSA) is 92.3 Å². The van der Waals surface area contributed by atoms with Crippen molar-refractivity contribution in [3.8, 4) is 10.4 Å². The molecule has 2 aliphatic heterocycles. The van der Waals surface area contributed by atoms with E-state index in [1.165, 1.54) is 4.88 Å². The van der Waals surface area contributed by atoms with Crippen LogP contribution in [0.3, 0.4) is 0 Å². The number of nitrogens with zero attached hydrogens (tertiary/aromatic N) is 1. The first kappa shape index (κ1) is 20.0. The number of ether oxygens (including phenoxy) is 1. The number of amides is 1. The molecule has 3 heterocycles. The second-order valence-corrected chi connectivity index (χ2v) is 8.44. The average molecular weight is 415 g/mol. The standard InChI is InChI=1S/C21H26N4O3S/c1-13-19(29-12-25-13)15-6-4-14(5-7-15)10-24-20(26)18-9-16(11-23-18)28-21(27)17-3-2-8-22-17/h4-7,12,16-18,22-23H,2-3,8-11H2,1H3,(H,24,26)/t16?,17-,18?/m0/s1. The summed E-state index contributed by atoms with van der Waals surface area (Å²) in [6.07, 6.45) is 2.08. The Labute approximate surface area is 174 Å². The summed E-state index contributed by atoms with van der Waals surface area (Å²) in [4.78, 5) is 30.0. The number of thiazole rings is 1. The first-order valence-electron chi connectivity index (χ1n) is 10.0. The van der Waals surface area contributed by atoms with Crippen molar-refractivity contribution in [3.63, 3.8) is 0 Å². The maximum atomic E-state index is 12.5. The van der Waals surface area contributed by atoms with Crippen LogP contribution >= 0.6 is 11.3 Å². The van der Waals surface area contributed by atoms with Crippen LogP contribution in [-0.2, 0) is 20.9 Å². The second kappa shape index (κ2) is 9.02. The van der Waals surface area contributed by atoms with Gasteiger partial charge in [-0.3, -0.25) is 9.59 Å². The number of rotatable bonds is 6. The molecular weight excluding hydrogens is 388 g/mol. The van der Waals surface area contributed by atoms with Gasteiger partial charge in [-0.15, -0.1) is 11.3 Å². The van der Waals surface area contributed by atoms with E-state index in [0.29, 0.717) is 19.5 Å². The van der Waals surface area contributed by atoms with E-state index in [9.17, 15) is 9.59 Å². The highest BCUT2D eigenvalue weighted by Crippen LogP contribution is 2.27. The van der Waals surface area contributed by atoms with Crippen LogP contribution in [0, 0.1) is 6.92 Å². The van der Waals surface area contributed by atoms with E-state index in [1.807, 2.05) is 24.6 Å². The number of carbonyl (C=O) groups excluding carboxylic acids is 2. The Balaban J connectivity index is 1.23. The van der Waals surface area contributed by atoms with Crippen molar-refractivity contribution in [2.75, 3.05) is 13.1 Å². The maximum absolute atomic E-state index is 12.5. The number of carbonyl (C=O) groups is 2. The van der Waals surface area contributed by atoms with E-state index in [1.54, 1.807) is 11.3 Å². The molecule has 2 aromatic rings. The molecule has 3 N–H and O–H groups in total. The van der Waals surface area contributed by atoms with Gasteiger partial charge in [0.2, 0.25) is 5.91 Å². The third-order valence-corrected chi connectivity index (χ3v) is 6.44. The van der Waals surface area contributed by atoms with Crippen LogP contribution in [-0.4, -0.2) is 48.1 Å². The minimum atomic E-state index is -0.330. The van der Waals surface area contributed by atoms with Gasteiger partial charge in [0.15, 0.2) is 0 Å². The quantitative estimate of drug-likeness (QED) is 0.624. The summed E-state index contributed by atoms with van der Waals surface area (Å²) >= 11 is 1.63. The Bertz CT molecular complexity index is 861. The lowest BCUT2D eigenvalue weighted by atomic mass is 10.1. The number of aromatic nitrogens is 1. The van der Waals surface area contributed by atoms with Gasteiger partial charge >= 0.3 is 5.97 Å². The molecule has 29 heavy (non-hydrogen) atoms. The smallest absolute Gasteiger partial charge is 0.323 e. The van der Waals surface area contributed by atoms with Gasteiger partial charge in [0.1, 0.15) is 12.1 Å². The lowest BCUT2D eigenvalue weighted by molar-refractivity contribution is -0.150. The molecule has 154 valence electrons. The molecule has 2 aliphatic rings. The first-order chi connectivity index (χ1) is 14.1. The predicted octanol–water partition coefficient (Wildman–Crippen LogP) is 1.76. The lowest BCUT2D eigenvalue weighted by Crippen LogP contribution is -2.40. The van der Waals surface area contributed by atoms with E-state index in [2.05, 4.69) is 33.1 Å². The van der Waals surface area contributed by atoms with Crippen LogP contribution in [0.5, 0.6) is 0 Å². The van der Waals surface area contributed by atoms with Crippen molar-refractivity contribution >= 4 is 23.2 Å². The highest BCUT2D eigenvalue weighted by molar-refractivity contribution is 7.13. The number of aryl methyl sites for hydroxylation is 1. The normalized spacial score (nSPS) is 23.8. The lowest BCUT2D eigenvalue weighted by Gasteiger charge is -2.15. The largest absolute Gasteiger partial charge is 0.460 e. The highest BCUT2D eigenvalue weighted by Gasteiger charge is 2.33. The molecule has 7 nitrogen and oxygen atoms in total. The van der Waals surface area contributed by atoms with Gasteiger partial charge in [0.25, 0.3) is 0 Å². The Kier molecular flexibility index (Phi) is 6.22. The van der Waals surface area contributed by atoms with Crippen molar-refractivity contribution in [3.05, 3.63) is 41.0 Å². The van der Waals surface area contributed by atoms with Gasteiger partial charge < -0.3 is 20.7 Å². The van der Waals surface area contributed by atoms with Crippen LogP contribution in [0.25, 0.3) is 10.4 Å². The van der Waals surface area contributed by atoms with Crippen LogP contribution in [0.15, 0.2) is 29.8 Å². The van der Waals surface area contributed by atoms with E-state index in [0.717, 1.165) is 36.2 Å². The van der Waals surface area contributed by atoms with Crippen LogP contribution < -0.4 is 16.0 Å². The van der Waals surface area contributed by atoms with Crippen molar-refractivity contribution < 1.29 is 14.3 Å². The van der Waals surface area contributed by atoms with E-state index >= 15 is 0 Å².